The topological polar surface area (TPSA) is 26.3 Å². The molecule has 0 fully saturated rings. The van der Waals surface area contributed by atoms with Gasteiger partial charge in [-0.3, -0.25) is 0 Å². The molecule has 0 spiro atoms. The van der Waals surface area contributed by atoms with Crippen LogP contribution in [0.25, 0.3) is 0 Å². The molecule has 0 rings (SSSR count). The van der Waals surface area contributed by atoms with Crippen LogP contribution < -0.4 is 0 Å². The Hall–Kier alpha value is 0.392. The van der Waals surface area contributed by atoms with Gasteiger partial charge in [0.2, 0.25) is 0 Å². The molecule has 0 aromatic carbocycles. The average Bonchev–Trinajstić information content (AvgIpc) is 2.56. The van der Waals surface area contributed by atoms with E-state index in [-0.39, 0.29) is 11.9 Å². The number of hydrogen-bond acceptors (Lipinski definition) is 2. The van der Waals surface area contributed by atoms with Gasteiger partial charge in [-0.2, -0.15) is 0 Å². The predicted molar refractivity (Wildman–Crippen MR) is 104 cm³/mol. The summed E-state index contributed by atoms with van der Waals surface area (Å²) in [5.74, 6) is 0.324. The van der Waals surface area contributed by atoms with Crippen LogP contribution in [0, 0.1) is 5.92 Å². The SMILES string of the molecule is CCCCC(CC)C(=O)[O][Pb]([CH2]CCC)([CH2]CCC)[CH2]CCC. The van der Waals surface area contributed by atoms with Crippen LogP contribution in [-0.2, 0) is 7.48 Å². The van der Waals surface area contributed by atoms with E-state index in [1.807, 2.05) is 0 Å². The molecule has 0 radical (unpaired) electrons. The Balaban J connectivity index is 4.99. The van der Waals surface area contributed by atoms with Crippen molar-refractivity contribution in [2.24, 2.45) is 5.92 Å². The van der Waals surface area contributed by atoms with Gasteiger partial charge in [0.1, 0.15) is 0 Å². The van der Waals surface area contributed by atoms with Crippen LogP contribution in [0.2, 0.25) is 11.9 Å². The van der Waals surface area contributed by atoms with Crippen LogP contribution >= 0.6 is 0 Å². The molecular formula is C20H42O2Pb. The van der Waals surface area contributed by atoms with Gasteiger partial charge in [0.25, 0.3) is 0 Å². The monoisotopic (exact) mass is 522 g/mol. The van der Waals surface area contributed by atoms with Crippen molar-refractivity contribution >= 4 is 27.6 Å². The molecule has 1 atom stereocenters. The first-order valence-corrected chi connectivity index (χ1v) is 20.1. The van der Waals surface area contributed by atoms with Gasteiger partial charge < -0.3 is 0 Å². The van der Waals surface area contributed by atoms with Crippen molar-refractivity contribution in [1.82, 2.24) is 0 Å². The number of unbranched alkanes of at least 4 members (excludes halogenated alkanes) is 4. The van der Waals surface area contributed by atoms with Crippen molar-refractivity contribution < 1.29 is 7.48 Å². The molecule has 0 bridgehead atoms. The van der Waals surface area contributed by atoms with Crippen LogP contribution in [-0.4, -0.2) is 27.6 Å². The maximum absolute atomic E-state index is 12.8. The summed E-state index contributed by atoms with van der Waals surface area (Å²) in [4.78, 5) is 12.8. The summed E-state index contributed by atoms with van der Waals surface area (Å²) in [7, 11) is 0. The fourth-order valence-corrected chi connectivity index (χ4v) is 21.3. The first-order valence-electron chi connectivity index (χ1n) is 10.3. The predicted octanol–water partition coefficient (Wildman–Crippen LogP) is 7.09. The zero-order valence-corrected chi connectivity index (χ0v) is 20.5. The Morgan fingerprint density at radius 1 is 0.783 bits per heavy atom. The summed E-state index contributed by atoms with van der Waals surface area (Å²) in [6.45, 7) is 11.1. The fraction of sp³-hybridized carbons (Fsp3) is 0.950. The summed E-state index contributed by atoms with van der Waals surface area (Å²) >= 11 is -2.91. The van der Waals surface area contributed by atoms with E-state index in [1.165, 1.54) is 56.9 Å². The van der Waals surface area contributed by atoms with E-state index in [4.69, 9.17) is 2.69 Å². The summed E-state index contributed by atoms with van der Waals surface area (Å²) in [6.07, 6.45) is 11.7. The molecule has 23 heavy (non-hydrogen) atoms. The first-order chi connectivity index (χ1) is 11.1. The Labute approximate surface area is 151 Å². The summed E-state index contributed by atoms with van der Waals surface area (Å²) in [6, 6.07) is 0. The van der Waals surface area contributed by atoms with Gasteiger partial charge in [0.05, 0.1) is 0 Å². The molecule has 0 saturated carbocycles. The van der Waals surface area contributed by atoms with E-state index in [1.54, 1.807) is 0 Å². The van der Waals surface area contributed by atoms with Crippen LogP contribution in [0.3, 0.4) is 0 Å². The maximum atomic E-state index is 12.8. The van der Waals surface area contributed by atoms with E-state index in [0.29, 0.717) is 0 Å². The van der Waals surface area contributed by atoms with E-state index in [0.717, 1.165) is 19.3 Å². The number of rotatable bonds is 15. The molecule has 3 heteroatoms. The zero-order valence-electron chi connectivity index (χ0n) is 16.6. The molecule has 2 nitrogen and oxygen atoms in total. The molecule has 0 aromatic rings. The third-order valence-corrected chi connectivity index (χ3v) is 22.2. The van der Waals surface area contributed by atoms with Crippen molar-refractivity contribution in [3.63, 3.8) is 0 Å². The number of carbonyl (C=O) groups excluding carboxylic acids is 1. The average molecular weight is 522 g/mol. The standard InChI is InChI=1S/C8H16O2.3C4H9.Pb/c1-3-5-6-7(4-2)8(9)10;3*1-3-4-2;/h7H,3-6H2,1-2H3,(H,9,10);3*1,3-4H2,2H3;/q;;;;+1/p-1. The van der Waals surface area contributed by atoms with Crippen molar-refractivity contribution in [1.29, 1.82) is 0 Å². The van der Waals surface area contributed by atoms with Crippen molar-refractivity contribution in [3.05, 3.63) is 0 Å². The van der Waals surface area contributed by atoms with Gasteiger partial charge in [0, 0.05) is 0 Å². The van der Waals surface area contributed by atoms with Gasteiger partial charge in [-0.25, -0.2) is 0 Å². The molecule has 0 aliphatic carbocycles. The van der Waals surface area contributed by atoms with Gasteiger partial charge in [-0.1, -0.05) is 0 Å². The number of hydrogen-bond donors (Lipinski definition) is 0. The molecule has 0 aliphatic rings. The van der Waals surface area contributed by atoms with Crippen molar-refractivity contribution in [2.75, 3.05) is 0 Å². The third-order valence-electron chi connectivity index (χ3n) is 5.01. The first kappa shape index (κ1) is 23.4. The minimum atomic E-state index is -2.91. The zero-order chi connectivity index (χ0) is 17.6. The van der Waals surface area contributed by atoms with Gasteiger partial charge >= 0.3 is 152 Å². The van der Waals surface area contributed by atoms with Gasteiger partial charge in [0.15, 0.2) is 0 Å². The molecule has 138 valence electrons. The van der Waals surface area contributed by atoms with Crippen LogP contribution in [0.15, 0.2) is 0 Å². The molecule has 0 aliphatic heterocycles. The molecular weight excluding hydrogens is 479 g/mol. The summed E-state index contributed by atoms with van der Waals surface area (Å²) in [5.41, 5.74) is 0. The Kier molecular flexibility index (Phi) is 15.0. The van der Waals surface area contributed by atoms with Crippen LogP contribution in [0.1, 0.15) is 98.8 Å². The molecule has 1 unspecified atom stereocenters. The molecule has 0 heterocycles. The van der Waals surface area contributed by atoms with Gasteiger partial charge in [-0.05, 0) is 0 Å². The quantitative estimate of drug-likeness (QED) is 0.215. The van der Waals surface area contributed by atoms with Crippen molar-refractivity contribution in [2.45, 2.75) is 111 Å². The second-order valence-electron chi connectivity index (χ2n) is 7.16. The van der Waals surface area contributed by atoms with E-state index in [9.17, 15) is 4.79 Å². The molecule has 0 saturated heterocycles. The third kappa shape index (κ3) is 10.1. The Morgan fingerprint density at radius 2 is 1.22 bits per heavy atom. The summed E-state index contributed by atoms with van der Waals surface area (Å²) < 4.78 is 10.3. The summed E-state index contributed by atoms with van der Waals surface area (Å²) in [5, 5.41) is 0. The fourth-order valence-electron chi connectivity index (χ4n) is 3.26. The van der Waals surface area contributed by atoms with E-state index < -0.39 is 21.6 Å². The van der Waals surface area contributed by atoms with E-state index >= 15 is 0 Å². The van der Waals surface area contributed by atoms with Crippen molar-refractivity contribution in [3.8, 4) is 0 Å². The second kappa shape index (κ2) is 14.7. The van der Waals surface area contributed by atoms with E-state index in [2.05, 4.69) is 34.6 Å². The number of carbonyl (C=O) groups is 1. The normalized spacial score (nSPS) is 13.1. The van der Waals surface area contributed by atoms with Gasteiger partial charge in [-0.15, -0.1) is 0 Å². The van der Waals surface area contributed by atoms with Crippen LogP contribution in [0.4, 0.5) is 0 Å². The Bertz CT molecular complexity index is 270. The minimum absolute atomic E-state index is 0.152. The van der Waals surface area contributed by atoms with Crippen LogP contribution in [0.5, 0.6) is 0 Å². The molecule has 0 amide bonds. The molecule has 0 aromatic heterocycles. The second-order valence-corrected chi connectivity index (χ2v) is 23.0. The Morgan fingerprint density at radius 3 is 1.57 bits per heavy atom. The molecule has 0 N–H and O–H groups in total.